The van der Waals surface area contributed by atoms with Gasteiger partial charge in [-0.15, -0.1) is 0 Å². The summed E-state index contributed by atoms with van der Waals surface area (Å²) >= 11 is 0. The number of pyridine rings is 1. The fourth-order valence-corrected chi connectivity index (χ4v) is 3.36. The molecule has 0 radical (unpaired) electrons. The molecule has 164 valence electrons. The van der Waals surface area contributed by atoms with Gasteiger partial charge < -0.3 is 20.1 Å². The van der Waals surface area contributed by atoms with E-state index in [-0.39, 0.29) is 11.8 Å². The zero-order valence-electron chi connectivity index (χ0n) is 17.9. The van der Waals surface area contributed by atoms with Crippen LogP contribution in [0.4, 0.5) is 0 Å². The van der Waals surface area contributed by atoms with Crippen molar-refractivity contribution in [1.82, 2.24) is 15.6 Å². The predicted molar refractivity (Wildman–Crippen MR) is 119 cm³/mol. The zero-order chi connectivity index (χ0) is 22.0. The number of nitrogens with zero attached hydrogens (tertiary/aromatic N) is 2. The second-order valence-electron chi connectivity index (χ2n) is 6.88. The Morgan fingerprint density at radius 1 is 1.20 bits per heavy atom. The molecule has 1 heterocycles. The van der Waals surface area contributed by atoms with Gasteiger partial charge in [0, 0.05) is 38.2 Å². The second kappa shape index (κ2) is 11.4. The van der Waals surface area contributed by atoms with Gasteiger partial charge in [-0.25, -0.2) is 13.4 Å². The summed E-state index contributed by atoms with van der Waals surface area (Å²) in [5, 5.41) is 6.38. The van der Waals surface area contributed by atoms with Gasteiger partial charge in [-0.1, -0.05) is 18.2 Å². The Balaban J connectivity index is 1.88. The lowest BCUT2D eigenvalue weighted by molar-refractivity contribution is 0.319. The highest BCUT2D eigenvalue weighted by Gasteiger charge is 2.10. The lowest BCUT2D eigenvalue weighted by atomic mass is 10.2. The molecule has 1 aromatic heterocycles. The third-order valence-corrected chi connectivity index (χ3v) is 5.13. The van der Waals surface area contributed by atoms with Gasteiger partial charge in [0.15, 0.2) is 17.5 Å². The Hall–Kier alpha value is -2.81. The number of para-hydroxylation sites is 2. The number of rotatable bonds is 10. The van der Waals surface area contributed by atoms with E-state index in [2.05, 4.69) is 20.6 Å². The van der Waals surface area contributed by atoms with E-state index in [1.54, 1.807) is 19.3 Å². The average molecular weight is 435 g/mol. The predicted octanol–water partition coefficient (Wildman–Crippen LogP) is 2.76. The molecule has 0 spiro atoms. The molecule has 1 aromatic carbocycles. The number of aliphatic imine (C=N–C) groups is 1. The molecule has 2 aromatic rings. The highest BCUT2D eigenvalue weighted by atomic mass is 32.2. The fraction of sp³-hybridized carbons (Fsp3) is 0.429. The largest absolute Gasteiger partial charge is 0.490 e. The van der Waals surface area contributed by atoms with Crippen LogP contribution in [0.2, 0.25) is 0 Å². The van der Waals surface area contributed by atoms with Gasteiger partial charge in [0.05, 0.1) is 12.4 Å². The van der Waals surface area contributed by atoms with E-state index in [9.17, 15) is 8.42 Å². The highest BCUT2D eigenvalue weighted by Crippen LogP contribution is 2.30. The van der Waals surface area contributed by atoms with Gasteiger partial charge >= 0.3 is 0 Å². The van der Waals surface area contributed by atoms with Crippen LogP contribution in [0, 0.1) is 0 Å². The molecule has 1 atom stereocenters. The van der Waals surface area contributed by atoms with Gasteiger partial charge in [-0.2, -0.15) is 0 Å². The van der Waals surface area contributed by atoms with Gasteiger partial charge in [0.2, 0.25) is 5.88 Å². The van der Waals surface area contributed by atoms with Crippen LogP contribution in [-0.2, 0) is 16.4 Å². The summed E-state index contributed by atoms with van der Waals surface area (Å²) in [5.41, 5.74) is 0.951. The maximum absolute atomic E-state index is 11.3. The molecule has 0 aliphatic carbocycles. The van der Waals surface area contributed by atoms with Crippen molar-refractivity contribution >= 4 is 15.8 Å². The molecular formula is C21H30N4O4S. The summed E-state index contributed by atoms with van der Waals surface area (Å²) in [4.78, 5) is 8.53. The molecule has 2 N–H and O–H groups in total. The molecule has 0 aliphatic heterocycles. The number of sulfone groups is 1. The molecule has 0 saturated carbocycles. The Labute approximate surface area is 178 Å². The van der Waals surface area contributed by atoms with Crippen molar-refractivity contribution in [1.29, 1.82) is 0 Å². The number of hydrogen-bond donors (Lipinski definition) is 2. The maximum Gasteiger partial charge on any atom is 0.219 e. The standard InChI is InChI=1S/C21H30N4O4S/c1-5-28-18-8-6-7-9-19(18)29-20-11-10-17(14-23-20)15-24-21(22-3)25-16(2)12-13-30(4,26)27/h6-11,14,16H,5,12-13,15H2,1-4H3,(H2,22,24,25). The number of guanidine groups is 1. The Morgan fingerprint density at radius 3 is 2.53 bits per heavy atom. The lowest BCUT2D eigenvalue weighted by Crippen LogP contribution is -2.42. The van der Waals surface area contributed by atoms with E-state index in [4.69, 9.17) is 9.47 Å². The van der Waals surface area contributed by atoms with Crippen LogP contribution < -0.4 is 20.1 Å². The van der Waals surface area contributed by atoms with Crippen molar-refractivity contribution < 1.29 is 17.9 Å². The smallest absolute Gasteiger partial charge is 0.219 e. The first kappa shape index (κ1) is 23.5. The molecule has 2 rings (SSSR count). The van der Waals surface area contributed by atoms with Crippen LogP contribution in [0.15, 0.2) is 47.6 Å². The summed E-state index contributed by atoms with van der Waals surface area (Å²) in [6, 6.07) is 11.2. The van der Waals surface area contributed by atoms with Crippen molar-refractivity contribution in [2.45, 2.75) is 32.9 Å². The van der Waals surface area contributed by atoms with E-state index in [1.807, 2.05) is 44.2 Å². The van der Waals surface area contributed by atoms with Gasteiger partial charge in [0.25, 0.3) is 0 Å². The van der Waals surface area contributed by atoms with E-state index in [0.29, 0.717) is 42.9 Å². The molecule has 8 nitrogen and oxygen atoms in total. The lowest BCUT2D eigenvalue weighted by Gasteiger charge is -2.17. The van der Waals surface area contributed by atoms with E-state index in [0.717, 1.165) is 5.56 Å². The number of hydrogen-bond acceptors (Lipinski definition) is 6. The summed E-state index contributed by atoms with van der Waals surface area (Å²) in [6.45, 7) is 4.92. The minimum atomic E-state index is -2.98. The molecule has 30 heavy (non-hydrogen) atoms. The van der Waals surface area contributed by atoms with Crippen molar-refractivity contribution in [3.05, 3.63) is 48.2 Å². The number of ether oxygens (including phenoxy) is 2. The fourth-order valence-electron chi connectivity index (χ4n) is 2.57. The van der Waals surface area contributed by atoms with Gasteiger partial charge in [-0.05, 0) is 38.0 Å². The molecule has 0 fully saturated rings. The van der Waals surface area contributed by atoms with Crippen molar-refractivity contribution in [2.24, 2.45) is 4.99 Å². The first-order valence-electron chi connectivity index (χ1n) is 9.80. The van der Waals surface area contributed by atoms with Crippen LogP contribution in [0.3, 0.4) is 0 Å². The van der Waals surface area contributed by atoms with E-state index >= 15 is 0 Å². The quantitative estimate of drug-likeness (QED) is 0.438. The summed E-state index contributed by atoms with van der Waals surface area (Å²) < 4.78 is 34.0. The Kier molecular flexibility index (Phi) is 8.91. The molecule has 1 unspecified atom stereocenters. The molecule has 0 saturated heterocycles. The van der Waals surface area contributed by atoms with Gasteiger partial charge in [-0.3, -0.25) is 4.99 Å². The maximum atomic E-state index is 11.3. The van der Waals surface area contributed by atoms with Crippen LogP contribution in [0.25, 0.3) is 0 Å². The Morgan fingerprint density at radius 2 is 1.93 bits per heavy atom. The SMILES string of the molecule is CCOc1ccccc1Oc1ccc(CNC(=NC)NC(C)CCS(C)(=O)=O)cn1. The molecule has 0 amide bonds. The normalized spacial score (nSPS) is 12.9. The first-order chi connectivity index (χ1) is 14.3. The van der Waals surface area contributed by atoms with E-state index < -0.39 is 9.84 Å². The van der Waals surface area contributed by atoms with Crippen LogP contribution in [-0.4, -0.2) is 51.1 Å². The number of nitrogens with one attached hydrogen (secondary N) is 2. The minimum absolute atomic E-state index is 0.0229. The van der Waals surface area contributed by atoms with Gasteiger partial charge in [0.1, 0.15) is 9.84 Å². The van der Waals surface area contributed by atoms with Crippen LogP contribution >= 0.6 is 0 Å². The molecule has 0 bridgehead atoms. The third-order valence-electron chi connectivity index (χ3n) is 4.15. The number of aromatic nitrogens is 1. The highest BCUT2D eigenvalue weighted by molar-refractivity contribution is 7.90. The number of benzene rings is 1. The molecule has 9 heteroatoms. The Bertz CT molecular complexity index is 930. The molecular weight excluding hydrogens is 404 g/mol. The first-order valence-corrected chi connectivity index (χ1v) is 11.9. The van der Waals surface area contributed by atoms with Crippen molar-refractivity contribution in [2.75, 3.05) is 25.7 Å². The van der Waals surface area contributed by atoms with Crippen molar-refractivity contribution in [3.8, 4) is 17.4 Å². The van der Waals surface area contributed by atoms with E-state index in [1.165, 1.54) is 6.26 Å². The average Bonchev–Trinajstić information content (AvgIpc) is 2.72. The third kappa shape index (κ3) is 8.28. The second-order valence-corrected chi connectivity index (χ2v) is 9.14. The minimum Gasteiger partial charge on any atom is -0.490 e. The summed E-state index contributed by atoms with van der Waals surface area (Å²) in [6.07, 6.45) is 3.48. The van der Waals surface area contributed by atoms with Crippen LogP contribution in [0.1, 0.15) is 25.8 Å². The topological polar surface area (TPSA) is 102 Å². The molecule has 0 aliphatic rings. The van der Waals surface area contributed by atoms with Crippen LogP contribution in [0.5, 0.6) is 17.4 Å². The monoisotopic (exact) mass is 434 g/mol. The zero-order valence-corrected chi connectivity index (χ0v) is 18.7. The summed E-state index contributed by atoms with van der Waals surface area (Å²) in [7, 11) is -1.31. The van der Waals surface area contributed by atoms with Crippen molar-refractivity contribution in [3.63, 3.8) is 0 Å². The summed E-state index contributed by atoms with van der Waals surface area (Å²) in [5.74, 6) is 2.50.